The smallest absolute Gasteiger partial charge is 0.127 e. The Hall–Kier alpha value is -1.18. The Morgan fingerprint density at radius 1 is 1.33 bits per heavy atom. The second-order valence-corrected chi connectivity index (χ2v) is 2.86. The Kier molecular flexibility index (Phi) is 2.58. The van der Waals surface area contributed by atoms with Crippen LogP contribution in [-0.4, -0.2) is 6.61 Å². The van der Waals surface area contributed by atoms with Crippen LogP contribution in [-0.2, 0) is 0 Å². The minimum Gasteiger partial charge on any atom is -0.493 e. The first-order valence-electron chi connectivity index (χ1n) is 4.15. The molecule has 0 saturated heterocycles. The molecule has 0 aliphatic rings. The number of anilines is 1. The summed E-state index contributed by atoms with van der Waals surface area (Å²) in [6.07, 6.45) is 0. The maximum atomic E-state index is 5.74. The van der Waals surface area contributed by atoms with E-state index >= 15 is 0 Å². The second-order valence-electron chi connectivity index (χ2n) is 2.86. The fraction of sp³-hybridized carbons (Fsp3) is 0.400. The zero-order chi connectivity index (χ0) is 9.14. The summed E-state index contributed by atoms with van der Waals surface area (Å²) in [7, 11) is 0. The molecule has 2 nitrogen and oxygen atoms in total. The molecule has 12 heavy (non-hydrogen) atoms. The highest BCUT2D eigenvalue weighted by Gasteiger charge is 2.04. The van der Waals surface area contributed by atoms with Gasteiger partial charge >= 0.3 is 0 Å². The number of aryl methyl sites for hydroxylation is 1. The highest BCUT2D eigenvalue weighted by molar-refractivity contribution is 5.56. The molecular weight excluding hydrogens is 150 g/mol. The summed E-state index contributed by atoms with van der Waals surface area (Å²) in [5.74, 6) is 0.928. The molecule has 1 aromatic rings. The molecule has 0 aliphatic heterocycles. The molecule has 0 radical (unpaired) electrons. The fourth-order valence-corrected chi connectivity index (χ4v) is 1.21. The molecule has 2 N–H and O–H groups in total. The minimum absolute atomic E-state index is 0.686. The van der Waals surface area contributed by atoms with Crippen LogP contribution in [0.5, 0.6) is 5.75 Å². The summed E-state index contributed by atoms with van der Waals surface area (Å²) in [5.41, 5.74) is 8.72. The van der Waals surface area contributed by atoms with Crippen LogP contribution in [0.25, 0.3) is 0 Å². The second kappa shape index (κ2) is 3.48. The summed E-state index contributed by atoms with van der Waals surface area (Å²) < 4.78 is 5.47. The SMILES string of the molecule is CCOc1c(C)ccc(N)c1C. The molecule has 0 heterocycles. The van der Waals surface area contributed by atoms with Gasteiger partial charge in [0.15, 0.2) is 0 Å². The summed E-state index contributed by atoms with van der Waals surface area (Å²) in [6, 6.07) is 3.89. The lowest BCUT2D eigenvalue weighted by Crippen LogP contribution is -1.99. The molecule has 0 aliphatic carbocycles. The summed E-state index contributed by atoms with van der Waals surface area (Å²) >= 11 is 0. The van der Waals surface area contributed by atoms with Crippen molar-refractivity contribution >= 4 is 5.69 Å². The quantitative estimate of drug-likeness (QED) is 0.682. The Labute approximate surface area is 73.3 Å². The van der Waals surface area contributed by atoms with Crippen molar-refractivity contribution in [2.45, 2.75) is 20.8 Å². The number of nitrogens with two attached hydrogens (primary N) is 1. The standard InChI is InChI=1S/C10H15NO/c1-4-12-10-7(2)5-6-9(11)8(10)3/h5-6H,4,11H2,1-3H3. The van der Waals surface area contributed by atoms with Crippen LogP contribution in [0.1, 0.15) is 18.1 Å². The first-order chi connectivity index (χ1) is 5.66. The number of nitrogen functional groups attached to an aromatic ring is 1. The van der Waals surface area contributed by atoms with E-state index in [9.17, 15) is 0 Å². The predicted molar refractivity (Wildman–Crippen MR) is 51.5 cm³/mol. The van der Waals surface area contributed by atoms with Crippen LogP contribution in [0.4, 0.5) is 5.69 Å². The van der Waals surface area contributed by atoms with Gasteiger partial charge < -0.3 is 10.5 Å². The van der Waals surface area contributed by atoms with Crippen LogP contribution in [0.2, 0.25) is 0 Å². The minimum atomic E-state index is 0.686. The van der Waals surface area contributed by atoms with Gasteiger partial charge in [-0.1, -0.05) is 6.07 Å². The van der Waals surface area contributed by atoms with Gasteiger partial charge in [-0.2, -0.15) is 0 Å². The number of hydrogen-bond acceptors (Lipinski definition) is 2. The Bertz CT molecular complexity index is 281. The Balaban J connectivity index is 3.14. The third-order valence-corrected chi connectivity index (χ3v) is 1.93. The van der Waals surface area contributed by atoms with E-state index in [0.29, 0.717) is 6.61 Å². The third kappa shape index (κ3) is 1.52. The van der Waals surface area contributed by atoms with E-state index in [0.717, 1.165) is 22.6 Å². The van der Waals surface area contributed by atoms with Crippen molar-refractivity contribution in [2.24, 2.45) is 0 Å². The Morgan fingerprint density at radius 3 is 2.58 bits per heavy atom. The van der Waals surface area contributed by atoms with E-state index in [-0.39, 0.29) is 0 Å². The van der Waals surface area contributed by atoms with Gasteiger partial charge in [0, 0.05) is 11.3 Å². The highest BCUT2D eigenvalue weighted by atomic mass is 16.5. The van der Waals surface area contributed by atoms with E-state index in [2.05, 4.69) is 0 Å². The van der Waals surface area contributed by atoms with E-state index in [1.54, 1.807) is 0 Å². The van der Waals surface area contributed by atoms with Crippen LogP contribution in [0, 0.1) is 13.8 Å². The first kappa shape index (κ1) is 8.91. The van der Waals surface area contributed by atoms with E-state index < -0.39 is 0 Å². The predicted octanol–water partition coefficient (Wildman–Crippen LogP) is 2.28. The third-order valence-electron chi connectivity index (χ3n) is 1.93. The molecule has 1 rings (SSSR count). The van der Waals surface area contributed by atoms with Gasteiger partial charge in [-0.15, -0.1) is 0 Å². The van der Waals surface area contributed by atoms with Crippen LogP contribution in [0.3, 0.4) is 0 Å². The van der Waals surface area contributed by atoms with Crippen molar-refractivity contribution < 1.29 is 4.74 Å². The molecule has 0 atom stereocenters. The summed E-state index contributed by atoms with van der Waals surface area (Å²) in [6.45, 7) is 6.66. The zero-order valence-corrected chi connectivity index (χ0v) is 7.85. The average molecular weight is 165 g/mol. The van der Waals surface area contributed by atoms with Gasteiger partial charge in [-0.25, -0.2) is 0 Å². The van der Waals surface area contributed by atoms with Crippen molar-refractivity contribution in [1.29, 1.82) is 0 Å². The summed E-state index contributed by atoms with van der Waals surface area (Å²) in [5, 5.41) is 0. The normalized spacial score (nSPS) is 9.92. The number of ether oxygens (including phenoxy) is 1. The Morgan fingerprint density at radius 2 is 2.00 bits per heavy atom. The van der Waals surface area contributed by atoms with Crippen molar-refractivity contribution in [3.63, 3.8) is 0 Å². The fourth-order valence-electron chi connectivity index (χ4n) is 1.21. The average Bonchev–Trinajstić information content (AvgIpc) is 2.06. The molecule has 0 bridgehead atoms. The zero-order valence-electron chi connectivity index (χ0n) is 7.85. The lowest BCUT2D eigenvalue weighted by atomic mass is 10.1. The van der Waals surface area contributed by atoms with Gasteiger partial charge in [0.25, 0.3) is 0 Å². The molecule has 0 saturated carbocycles. The topological polar surface area (TPSA) is 35.2 Å². The van der Waals surface area contributed by atoms with E-state index in [4.69, 9.17) is 10.5 Å². The van der Waals surface area contributed by atoms with Gasteiger partial charge in [0.05, 0.1) is 6.61 Å². The van der Waals surface area contributed by atoms with Crippen LogP contribution < -0.4 is 10.5 Å². The van der Waals surface area contributed by atoms with Gasteiger partial charge in [-0.3, -0.25) is 0 Å². The van der Waals surface area contributed by atoms with Crippen molar-refractivity contribution in [3.05, 3.63) is 23.3 Å². The lowest BCUT2D eigenvalue weighted by molar-refractivity contribution is 0.336. The van der Waals surface area contributed by atoms with Gasteiger partial charge in [0.1, 0.15) is 5.75 Å². The molecule has 1 aromatic carbocycles. The molecule has 0 fully saturated rings. The van der Waals surface area contributed by atoms with Crippen molar-refractivity contribution in [2.75, 3.05) is 12.3 Å². The first-order valence-corrected chi connectivity index (χ1v) is 4.15. The maximum absolute atomic E-state index is 5.74. The van der Waals surface area contributed by atoms with Crippen molar-refractivity contribution in [1.82, 2.24) is 0 Å². The molecule has 66 valence electrons. The van der Waals surface area contributed by atoms with Crippen LogP contribution >= 0.6 is 0 Å². The molecule has 0 spiro atoms. The number of rotatable bonds is 2. The van der Waals surface area contributed by atoms with Crippen molar-refractivity contribution in [3.8, 4) is 5.75 Å². The summed E-state index contributed by atoms with van der Waals surface area (Å²) in [4.78, 5) is 0. The molecule has 0 amide bonds. The van der Waals surface area contributed by atoms with Gasteiger partial charge in [0.2, 0.25) is 0 Å². The molecule has 2 heteroatoms. The van der Waals surface area contributed by atoms with Gasteiger partial charge in [-0.05, 0) is 32.4 Å². The maximum Gasteiger partial charge on any atom is 0.127 e. The molecule has 0 aromatic heterocycles. The van der Waals surface area contributed by atoms with E-state index in [1.165, 1.54) is 0 Å². The van der Waals surface area contributed by atoms with Crippen LogP contribution in [0.15, 0.2) is 12.1 Å². The number of hydrogen-bond donors (Lipinski definition) is 1. The monoisotopic (exact) mass is 165 g/mol. The van der Waals surface area contributed by atoms with E-state index in [1.807, 2.05) is 32.9 Å². The molecular formula is C10H15NO. The lowest BCUT2D eigenvalue weighted by Gasteiger charge is -2.11. The largest absolute Gasteiger partial charge is 0.493 e. The highest BCUT2D eigenvalue weighted by Crippen LogP contribution is 2.27. The molecule has 0 unspecified atom stereocenters. The number of benzene rings is 1.